The van der Waals surface area contributed by atoms with Crippen molar-refractivity contribution in [3.63, 3.8) is 0 Å². The van der Waals surface area contributed by atoms with Crippen molar-refractivity contribution >= 4 is 17.8 Å². The van der Waals surface area contributed by atoms with Gasteiger partial charge in [-0.25, -0.2) is 0 Å². The fourth-order valence-electron chi connectivity index (χ4n) is 5.02. The van der Waals surface area contributed by atoms with E-state index in [1.54, 1.807) is 12.1 Å². The molecule has 2 aliphatic rings. The Hall–Kier alpha value is -3.22. The third-order valence-electron chi connectivity index (χ3n) is 7.00. The summed E-state index contributed by atoms with van der Waals surface area (Å²) in [4.78, 5) is 36.6. The second kappa shape index (κ2) is 14.6. The Morgan fingerprint density at radius 3 is 2.46 bits per heavy atom. The second-order valence-electron chi connectivity index (χ2n) is 10.5. The molecule has 1 aromatic carbocycles. The predicted molar refractivity (Wildman–Crippen MR) is 141 cm³/mol. The summed E-state index contributed by atoms with van der Waals surface area (Å²) in [6.07, 6.45) is 5.29. The maximum absolute atomic E-state index is 13.2. The van der Waals surface area contributed by atoms with Gasteiger partial charge in [0, 0.05) is 19.0 Å². The molecule has 11 nitrogen and oxygen atoms in total. The number of carbonyl (C=O) groups excluding carboxylic acids is 1. The highest BCUT2D eigenvalue weighted by Crippen LogP contribution is 2.45. The van der Waals surface area contributed by atoms with E-state index in [0.29, 0.717) is 24.5 Å². The van der Waals surface area contributed by atoms with Crippen LogP contribution >= 0.6 is 0 Å². The van der Waals surface area contributed by atoms with E-state index < -0.39 is 29.7 Å². The summed E-state index contributed by atoms with van der Waals surface area (Å²) in [6, 6.07) is 8.73. The van der Waals surface area contributed by atoms with Gasteiger partial charge < -0.3 is 51.0 Å². The Morgan fingerprint density at radius 2 is 1.78 bits per heavy atom. The van der Waals surface area contributed by atoms with Gasteiger partial charge in [-0.05, 0) is 44.4 Å². The van der Waals surface area contributed by atoms with Gasteiger partial charge in [-0.3, -0.25) is 14.4 Å². The highest BCUT2D eigenvalue weighted by atomic mass is 79.9. The minimum absolute atomic E-state index is 0. The fourth-order valence-corrected chi connectivity index (χ4v) is 5.02. The summed E-state index contributed by atoms with van der Waals surface area (Å²) in [7, 11) is 0. The number of hydrogen-bond acceptors (Lipinski definition) is 7. The Bertz CT molecular complexity index is 1210. The standard InChI is InChI=1S/C29H36N2O9.BrH/c1-29(2)28(39-18-20-6-8-21(9-7-20)38-16-12-26(35)36)27(31-13-4-3-5-24(31)32)22-17-30(14-10-23(22)40-29)19-37-15-11-25(33)34;/h6-10,14,17,27-28H,3-5,11-13,15-16,18-19H2,1-2H3,(H-,33,34,35,36);1H. The van der Waals surface area contributed by atoms with Crippen LogP contribution in [0.1, 0.15) is 63.1 Å². The molecule has 2 unspecified atom stereocenters. The summed E-state index contributed by atoms with van der Waals surface area (Å²) in [5.74, 6) is -0.522. The maximum atomic E-state index is 13.2. The largest absolute Gasteiger partial charge is 1.00 e. The zero-order chi connectivity index (χ0) is 28.7. The van der Waals surface area contributed by atoms with Crippen molar-refractivity contribution in [2.24, 2.45) is 0 Å². The number of fused-ring (bicyclic) bond motifs is 1. The number of halogens is 1. The number of benzene rings is 1. The van der Waals surface area contributed by atoms with Crippen molar-refractivity contribution in [1.29, 1.82) is 0 Å². The van der Waals surface area contributed by atoms with Gasteiger partial charge >= 0.3 is 11.9 Å². The molecule has 1 aromatic heterocycles. The molecule has 3 heterocycles. The number of amides is 1. The van der Waals surface area contributed by atoms with Crippen LogP contribution in [-0.4, -0.2) is 64.4 Å². The molecule has 0 spiro atoms. The van der Waals surface area contributed by atoms with Gasteiger partial charge in [-0.15, -0.1) is 0 Å². The molecule has 224 valence electrons. The molecule has 2 aromatic rings. The summed E-state index contributed by atoms with van der Waals surface area (Å²) in [6.45, 7) is 5.14. The van der Waals surface area contributed by atoms with E-state index in [1.165, 1.54) is 0 Å². The molecule has 0 bridgehead atoms. The average molecular weight is 638 g/mol. The lowest BCUT2D eigenvalue weighted by atomic mass is 9.85. The zero-order valence-corrected chi connectivity index (χ0v) is 24.9. The summed E-state index contributed by atoms with van der Waals surface area (Å²) in [5, 5.41) is 17.7. The van der Waals surface area contributed by atoms with Gasteiger partial charge in [0.05, 0.1) is 44.3 Å². The van der Waals surface area contributed by atoms with Crippen LogP contribution in [0.4, 0.5) is 0 Å². The maximum Gasteiger partial charge on any atom is 0.306 e. The third-order valence-corrected chi connectivity index (χ3v) is 7.00. The number of ether oxygens (including phenoxy) is 4. The number of carboxylic acid groups (broad SMARTS) is 2. The number of likely N-dealkylation sites (tertiary alicyclic amines) is 1. The number of carbonyl (C=O) groups is 3. The first kappa shape index (κ1) is 32.3. The van der Waals surface area contributed by atoms with Crippen LogP contribution in [0.25, 0.3) is 0 Å². The molecule has 1 amide bonds. The van der Waals surface area contributed by atoms with Crippen molar-refractivity contribution in [2.75, 3.05) is 19.8 Å². The molecular weight excluding hydrogens is 600 g/mol. The highest BCUT2D eigenvalue weighted by Gasteiger charge is 2.49. The van der Waals surface area contributed by atoms with Gasteiger partial charge in [-0.2, -0.15) is 4.57 Å². The average Bonchev–Trinajstić information content (AvgIpc) is 2.90. The number of carboxylic acids is 2. The highest BCUT2D eigenvalue weighted by molar-refractivity contribution is 5.77. The first-order chi connectivity index (χ1) is 19.1. The van der Waals surface area contributed by atoms with Crippen molar-refractivity contribution in [3.05, 3.63) is 53.9 Å². The van der Waals surface area contributed by atoms with Crippen LogP contribution in [0.3, 0.4) is 0 Å². The lowest BCUT2D eigenvalue weighted by molar-refractivity contribution is -0.733. The van der Waals surface area contributed by atoms with Gasteiger partial charge in [0.25, 0.3) is 6.73 Å². The van der Waals surface area contributed by atoms with E-state index in [9.17, 15) is 14.4 Å². The van der Waals surface area contributed by atoms with Crippen LogP contribution in [0.2, 0.25) is 0 Å². The summed E-state index contributed by atoms with van der Waals surface area (Å²) < 4.78 is 25.8. The van der Waals surface area contributed by atoms with E-state index in [1.807, 2.05) is 53.9 Å². The number of pyridine rings is 1. The van der Waals surface area contributed by atoms with Crippen LogP contribution in [0.15, 0.2) is 42.7 Å². The number of aliphatic carboxylic acids is 2. The first-order valence-corrected chi connectivity index (χ1v) is 13.5. The Balaban J connectivity index is 0.00000462. The lowest BCUT2D eigenvalue weighted by Gasteiger charge is -2.48. The topological polar surface area (TPSA) is 136 Å². The number of piperidine rings is 1. The van der Waals surface area contributed by atoms with Crippen LogP contribution in [-0.2, 0) is 37.2 Å². The minimum atomic E-state index is -0.921. The molecule has 2 aliphatic heterocycles. The SMILES string of the molecule is CC1(C)Oc2cc[n+](COCCC(=O)O)cc2C(N2CCCCC2=O)C1OCc1ccc(OCCC(=O)O)cc1.[Br-]. The summed E-state index contributed by atoms with van der Waals surface area (Å²) in [5.41, 5.74) is 0.955. The van der Waals surface area contributed by atoms with Crippen LogP contribution in [0.5, 0.6) is 11.5 Å². The fraction of sp³-hybridized carbons (Fsp3) is 0.517. The first-order valence-electron chi connectivity index (χ1n) is 13.5. The molecular formula is C29H37BrN2O9. The van der Waals surface area contributed by atoms with Gasteiger partial charge in [0.15, 0.2) is 12.4 Å². The van der Waals surface area contributed by atoms with Crippen molar-refractivity contribution in [1.82, 2.24) is 4.90 Å². The molecule has 2 atom stereocenters. The Kier molecular flexibility index (Phi) is 11.5. The van der Waals surface area contributed by atoms with Crippen LogP contribution in [0, 0.1) is 0 Å². The summed E-state index contributed by atoms with van der Waals surface area (Å²) >= 11 is 0. The van der Waals surface area contributed by atoms with Gasteiger partial charge in [0.2, 0.25) is 5.91 Å². The van der Waals surface area contributed by atoms with Crippen molar-refractivity contribution in [2.45, 2.75) is 77.0 Å². The molecule has 1 fully saturated rings. The van der Waals surface area contributed by atoms with E-state index in [4.69, 9.17) is 29.2 Å². The monoisotopic (exact) mass is 636 g/mol. The molecule has 0 radical (unpaired) electrons. The number of rotatable bonds is 13. The zero-order valence-electron chi connectivity index (χ0n) is 23.3. The minimum Gasteiger partial charge on any atom is -1.00 e. The number of hydrogen-bond donors (Lipinski definition) is 2. The molecule has 2 N–H and O–H groups in total. The molecule has 12 heteroatoms. The smallest absolute Gasteiger partial charge is 0.306 e. The predicted octanol–water partition coefficient (Wildman–Crippen LogP) is 0.0904. The molecule has 0 saturated carbocycles. The Labute approximate surface area is 249 Å². The molecule has 0 aliphatic carbocycles. The molecule has 4 rings (SSSR count). The normalized spacial score (nSPS) is 19.5. The van der Waals surface area contributed by atoms with Crippen LogP contribution < -0.4 is 31.0 Å². The van der Waals surface area contributed by atoms with Crippen molar-refractivity contribution in [3.8, 4) is 11.5 Å². The van der Waals surface area contributed by atoms with Crippen molar-refractivity contribution < 1.29 is 65.1 Å². The lowest BCUT2D eigenvalue weighted by Crippen LogP contribution is -3.00. The van der Waals surface area contributed by atoms with E-state index >= 15 is 0 Å². The molecule has 1 saturated heterocycles. The second-order valence-corrected chi connectivity index (χ2v) is 10.5. The van der Waals surface area contributed by atoms with Gasteiger partial charge in [0.1, 0.15) is 23.2 Å². The van der Waals surface area contributed by atoms with E-state index in [2.05, 4.69) is 0 Å². The third kappa shape index (κ3) is 8.64. The number of nitrogens with zero attached hydrogens (tertiary/aromatic N) is 2. The van der Waals surface area contributed by atoms with E-state index in [0.717, 1.165) is 24.0 Å². The van der Waals surface area contributed by atoms with E-state index in [-0.39, 0.29) is 62.3 Å². The number of aromatic nitrogens is 1. The molecule has 41 heavy (non-hydrogen) atoms. The Morgan fingerprint density at radius 1 is 1.07 bits per heavy atom. The quantitative estimate of drug-likeness (QED) is 0.232. The van der Waals surface area contributed by atoms with Gasteiger partial charge in [-0.1, -0.05) is 12.1 Å².